The molecule has 0 aliphatic carbocycles. The third-order valence-electron chi connectivity index (χ3n) is 10.9. The minimum atomic E-state index is -1.08. The number of carbonyl (C=O) groups excluding carboxylic acids is 2. The number of likely N-dealkylation sites (N-methyl/N-ethyl adjacent to an activating group) is 1. The molecule has 1 amide bonds. The van der Waals surface area contributed by atoms with Crippen molar-refractivity contribution in [3.05, 3.63) is 75.3 Å². The molecule has 3 aromatic rings. The molecule has 6 aliphatic heterocycles. The fourth-order valence-corrected chi connectivity index (χ4v) is 10.2. The van der Waals surface area contributed by atoms with Gasteiger partial charge in [0.1, 0.15) is 31.0 Å². The van der Waals surface area contributed by atoms with E-state index in [4.69, 9.17) is 23.7 Å². The number of fused-ring (bicyclic) bond motifs is 10. The summed E-state index contributed by atoms with van der Waals surface area (Å²) in [5, 5.41) is 36.9. The van der Waals surface area contributed by atoms with Gasteiger partial charge >= 0.3 is 12.1 Å². The SMILES string of the molecule is COc1c(C)cc2c(c1O)[C@@H]1C3[C@@H]4SC[C@H](NC(=O)OCc5ccccc5)C(=O)OC[C@@H](c5c6c(c(C)c(O)c54)OCO6)N3[C@@H](C#N)[C@H](C2)N1C. The van der Waals surface area contributed by atoms with Gasteiger partial charge in [0.2, 0.25) is 6.79 Å². The van der Waals surface area contributed by atoms with E-state index < -0.39 is 47.5 Å². The standard InChI is InChI=1S/C37H38N4O9S/c1-17-10-20-11-22-23(12-38)41-24-14-47-36(44)21(39-37(45)48-13-19-8-6-5-7-9-19)15-51-35(27-26(24)34-33(49-16-50-34)18(2)30(27)42)29(41)28(40(22)3)25(20)31(43)32(17)46-4/h5-10,21-24,28-29,35,42-43H,11,13-16H2,1-4H3,(H,39,45)/t21-,22-,23-,24-,28+,29?,35+/m0/s1. The number of phenolic OH excluding ortho intramolecular Hbond substituents is 2. The monoisotopic (exact) mass is 714 g/mol. The van der Waals surface area contributed by atoms with Crippen molar-refractivity contribution < 1.29 is 43.5 Å². The van der Waals surface area contributed by atoms with Crippen LogP contribution in [0.3, 0.4) is 0 Å². The van der Waals surface area contributed by atoms with E-state index in [9.17, 15) is 25.1 Å². The Morgan fingerprint density at radius 3 is 2.61 bits per heavy atom. The number of carbonyl (C=O) groups is 2. The minimum absolute atomic E-state index is 0.0214. The molecule has 14 heteroatoms. The highest BCUT2D eigenvalue weighted by Gasteiger charge is 2.60. The predicted molar refractivity (Wildman–Crippen MR) is 184 cm³/mol. The second-order valence-corrected chi connectivity index (χ2v) is 14.7. The van der Waals surface area contributed by atoms with E-state index in [1.54, 1.807) is 6.92 Å². The fraction of sp³-hybridized carbons (Fsp3) is 0.432. The van der Waals surface area contributed by atoms with Crippen LogP contribution in [0.2, 0.25) is 0 Å². The van der Waals surface area contributed by atoms with Gasteiger partial charge in [-0.3, -0.25) is 9.80 Å². The van der Waals surface area contributed by atoms with E-state index in [1.807, 2.05) is 50.4 Å². The lowest BCUT2D eigenvalue weighted by atomic mass is 9.71. The summed E-state index contributed by atoms with van der Waals surface area (Å²) in [6.07, 6.45) is -0.279. The molecule has 7 atom stereocenters. The fourth-order valence-electron chi connectivity index (χ4n) is 8.71. The number of aromatic hydroxyl groups is 2. The summed E-state index contributed by atoms with van der Waals surface area (Å²) in [4.78, 5) is 31.0. The van der Waals surface area contributed by atoms with E-state index in [-0.39, 0.29) is 43.3 Å². The number of phenols is 2. The van der Waals surface area contributed by atoms with Crippen LogP contribution in [0, 0.1) is 25.2 Å². The first-order valence-corrected chi connectivity index (χ1v) is 17.9. The van der Waals surface area contributed by atoms with Crippen molar-refractivity contribution >= 4 is 23.8 Å². The molecule has 2 saturated heterocycles. The van der Waals surface area contributed by atoms with Crippen LogP contribution < -0.4 is 19.5 Å². The van der Waals surface area contributed by atoms with Crippen molar-refractivity contribution in [1.29, 1.82) is 5.26 Å². The number of hydrogen-bond acceptors (Lipinski definition) is 13. The summed E-state index contributed by atoms with van der Waals surface area (Å²) in [5.74, 6) is 0.700. The highest BCUT2D eigenvalue weighted by atomic mass is 32.2. The normalized spacial score (nSPS) is 27.7. The Balaban J connectivity index is 1.26. The van der Waals surface area contributed by atoms with Crippen molar-refractivity contribution in [2.75, 3.05) is 33.3 Å². The Kier molecular flexibility index (Phi) is 8.32. The van der Waals surface area contributed by atoms with Gasteiger partial charge in [-0.05, 0) is 44.0 Å². The third kappa shape index (κ3) is 5.12. The van der Waals surface area contributed by atoms with Gasteiger partial charge in [-0.2, -0.15) is 5.26 Å². The molecule has 6 heterocycles. The number of aryl methyl sites for hydroxylation is 1. The molecule has 3 aromatic carbocycles. The van der Waals surface area contributed by atoms with Gasteiger partial charge < -0.3 is 39.2 Å². The molecule has 9 rings (SSSR count). The van der Waals surface area contributed by atoms with Crippen molar-refractivity contribution in [1.82, 2.24) is 15.1 Å². The average Bonchev–Trinajstić information content (AvgIpc) is 3.61. The number of hydrogen-bond donors (Lipinski definition) is 3. The highest BCUT2D eigenvalue weighted by molar-refractivity contribution is 7.99. The quantitative estimate of drug-likeness (QED) is 0.328. The lowest BCUT2D eigenvalue weighted by molar-refractivity contribution is -0.151. The van der Waals surface area contributed by atoms with E-state index in [1.165, 1.54) is 18.9 Å². The second kappa shape index (κ2) is 12.7. The first-order chi connectivity index (χ1) is 24.6. The lowest BCUT2D eigenvalue weighted by Gasteiger charge is -2.61. The zero-order valence-corrected chi connectivity index (χ0v) is 29.4. The maximum absolute atomic E-state index is 13.7. The second-order valence-electron chi connectivity index (χ2n) is 13.6. The van der Waals surface area contributed by atoms with Crippen LogP contribution in [0.25, 0.3) is 0 Å². The molecule has 2 fully saturated rings. The number of nitrogens with zero attached hydrogens (tertiary/aromatic N) is 3. The van der Waals surface area contributed by atoms with Gasteiger partial charge in [-0.1, -0.05) is 36.4 Å². The van der Waals surface area contributed by atoms with Crippen LogP contribution in [0.15, 0.2) is 36.4 Å². The number of esters is 1. The van der Waals surface area contributed by atoms with E-state index in [2.05, 4.69) is 21.2 Å². The molecule has 51 heavy (non-hydrogen) atoms. The summed E-state index contributed by atoms with van der Waals surface area (Å²) in [6, 6.07) is 10.1. The van der Waals surface area contributed by atoms with Crippen molar-refractivity contribution in [3.63, 3.8) is 0 Å². The summed E-state index contributed by atoms with van der Waals surface area (Å²) in [6.45, 7) is 3.42. The Morgan fingerprint density at radius 1 is 1.10 bits per heavy atom. The number of thioether (sulfide) groups is 1. The van der Waals surface area contributed by atoms with Gasteiger partial charge in [0.05, 0.1) is 30.5 Å². The van der Waals surface area contributed by atoms with Gasteiger partial charge in [0.15, 0.2) is 23.0 Å². The zero-order chi connectivity index (χ0) is 35.7. The van der Waals surface area contributed by atoms with E-state index in [0.717, 1.165) is 16.7 Å². The number of alkyl carbamates (subject to hydrolysis) is 1. The molecule has 6 aliphatic rings. The Morgan fingerprint density at radius 2 is 1.86 bits per heavy atom. The van der Waals surface area contributed by atoms with Crippen LogP contribution in [0.1, 0.15) is 56.3 Å². The molecule has 266 valence electrons. The zero-order valence-electron chi connectivity index (χ0n) is 28.5. The van der Waals surface area contributed by atoms with Crippen molar-refractivity contribution in [3.8, 4) is 34.8 Å². The van der Waals surface area contributed by atoms with Crippen LogP contribution in [-0.2, 0) is 27.3 Å². The lowest BCUT2D eigenvalue weighted by Crippen LogP contribution is -2.69. The summed E-state index contributed by atoms with van der Waals surface area (Å²) < 4.78 is 29.0. The molecular formula is C37H38N4O9S. The number of rotatable bonds is 4. The average molecular weight is 715 g/mol. The number of ether oxygens (including phenoxy) is 5. The maximum Gasteiger partial charge on any atom is 0.408 e. The molecule has 0 saturated carbocycles. The van der Waals surface area contributed by atoms with E-state index in [0.29, 0.717) is 45.9 Å². The van der Waals surface area contributed by atoms with Gasteiger partial charge in [0.25, 0.3) is 0 Å². The number of piperazine rings is 1. The van der Waals surface area contributed by atoms with Crippen molar-refractivity contribution in [2.45, 2.75) is 68.4 Å². The molecule has 1 unspecified atom stereocenters. The van der Waals surface area contributed by atoms with Gasteiger partial charge in [-0.25, -0.2) is 9.59 Å². The summed E-state index contributed by atoms with van der Waals surface area (Å²) in [7, 11) is 3.48. The highest BCUT2D eigenvalue weighted by Crippen LogP contribution is 2.63. The predicted octanol–water partition coefficient (Wildman–Crippen LogP) is 4.31. The number of nitriles is 1. The summed E-state index contributed by atoms with van der Waals surface area (Å²) >= 11 is 1.36. The van der Waals surface area contributed by atoms with E-state index >= 15 is 0 Å². The summed E-state index contributed by atoms with van der Waals surface area (Å²) in [5.41, 5.74) is 4.91. The molecular weight excluding hydrogens is 676 g/mol. The van der Waals surface area contributed by atoms with Gasteiger partial charge in [0, 0.05) is 40.1 Å². The third-order valence-corrected chi connectivity index (χ3v) is 12.3. The number of nitrogens with one attached hydrogen (secondary N) is 1. The van der Waals surface area contributed by atoms with Gasteiger partial charge in [-0.15, -0.1) is 11.8 Å². The smallest absolute Gasteiger partial charge is 0.408 e. The van der Waals surface area contributed by atoms with Crippen LogP contribution >= 0.6 is 11.8 Å². The molecule has 13 nitrogen and oxygen atoms in total. The largest absolute Gasteiger partial charge is 0.507 e. The molecule has 0 spiro atoms. The number of methoxy groups -OCH3 is 1. The molecule has 3 N–H and O–H groups in total. The Labute approximate surface area is 299 Å². The Bertz CT molecular complexity index is 1970. The van der Waals surface area contributed by atoms with Crippen LogP contribution in [-0.4, -0.2) is 89.6 Å². The van der Waals surface area contributed by atoms with Crippen molar-refractivity contribution in [2.24, 2.45) is 0 Å². The van der Waals surface area contributed by atoms with Crippen LogP contribution in [0.4, 0.5) is 4.79 Å². The topological polar surface area (TPSA) is 163 Å². The first kappa shape index (κ1) is 33.3. The minimum Gasteiger partial charge on any atom is -0.507 e. The first-order valence-electron chi connectivity index (χ1n) is 16.8. The Hall–Kier alpha value is -4.84. The molecule has 4 bridgehead atoms. The van der Waals surface area contributed by atoms with Crippen LogP contribution in [0.5, 0.6) is 28.7 Å². The number of amides is 1. The molecule has 0 radical (unpaired) electrons. The maximum atomic E-state index is 13.7. The number of benzene rings is 3. The molecule has 0 aromatic heterocycles.